The molecule has 5 heteroatoms. The molecule has 0 aliphatic rings. The zero-order chi connectivity index (χ0) is 16.2. The van der Waals surface area contributed by atoms with Gasteiger partial charge in [0, 0.05) is 17.2 Å². The van der Waals surface area contributed by atoms with Crippen molar-refractivity contribution in [1.82, 2.24) is 5.27 Å². The average molecular weight is 305 g/mol. The predicted octanol–water partition coefficient (Wildman–Crippen LogP) is 1.85. The number of carbonyl (C=O) groups excluding carboxylic acids is 1. The van der Waals surface area contributed by atoms with Crippen LogP contribution >= 0.6 is 0 Å². The van der Waals surface area contributed by atoms with Gasteiger partial charge in [-0.2, -0.15) is 0 Å². The molecule has 3 aromatic rings. The van der Waals surface area contributed by atoms with Crippen LogP contribution < -0.4 is 10.3 Å². The minimum Gasteiger partial charge on any atom is -0.295 e. The Bertz CT molecular complexity index is 969. The Labute approximate surface area is 132 Å². The summed E-state index contributed by atoms with van der Waals surface area (Å²) in [4.78, 5) is 22.4. The van der Waals surface area contributed by atoms with Gasteiger partial charge in [-0.15, -0.1) is 0 Å². The van der Waals surface area contributed by atoms with Crippen molar-refractivity contribution in [1.29, 1.82) is 0 Å². The van der Waals surface area contributed by atoms with Crippen molar-refractivity contribution in [2.24, 2.45) is 0 Å². The fraction of sp³-hybridized carbons (Fsp3) is 0.0556. The second kappa shape index (κ2) is 6.16. The van der Waals surface area contributed by atoms with Crippen LogP contribution in [0.25, 0.3) is 5.69 Å². The van der Waals surface area contributed by atoms with Crippen LogP contribution in [0.5, 0.6) is 0 Å². The maximum Gasteiger partial charge on any atom is 0.427 e. The molecule has 0 bridgehead atoms. The van der Waals surface area contributed by atoms with Crippen molar-refractivity contribution in [2.75, 3.05) is 0 Å². The monoisotopic (exact) mass is 305 g/mol. The number of H-pyrrole nitrogens is 1. The minimum atomic E-state index is -0.465. The molecule has 112 valence electrons. The van der Waals surface area contributed by atoms with Crippen molar-refractivity contribution >= 4 is 5.78 Å². The topological polar surface area (TPSA) is 66.9 Å². The zero-order valence-corrected chi connectivity index (χ0v) is 12.4. The number of hydrogen-bond donors (Lipinski definition) is 1. The summed E-state index contributed by atoms with van der Waals surface area (Å²) in [5.74, 6) is 6.14. The first-order chi connectivity index (χ1) is 11.1. The van der Waals surface area contributed by atoms with E-state index >= 15 is 0 Å². The van der Waals surface area contributed by atoms with Gasteiger partial charge in [0.15, 0.2) is 5.78 Å². The first-order valence-electron chi connectivity index (χ1n) is 6.96. The Balaban J connectivity index is 1.95. The van der Waals surface area contributed by atoms with Gasteiger partial charge in [-0.05, 0) is 35.1 Å². The van der Waals surface area contributed by atoms with E-state index in [0.29, 0.717) is 11.3 Å². The lowest BCUT2D eigenvalue weighted by Gasteiger charge is -1.95. The number of nitrogens with one attached hydrogen (secondary N) is 1. The molecule has 0 spiro atoms. The van der Waals surface area contributed by atoms with Crippen LogP contribution in [0, 0.1) is 11.8 Å². The number of aromatic nitrogens is 2. The SMILES string of the molecule is CC(=O)c1ccc(C#Cc2ccccc2-[n+]2cc(=O)o[nH]2)cc1. The maximum absolute atomic E-state index is 11.3. The molecule has 0 radical (unpaired) electrons. The second-order valence-electron chi connectivity index (χ2n) is 4.91. The molecule has 0 unspecified atom stereocenters. The van der Waals surface area contributed by atoms with Crippen molar-refractivity contribution in [2.45, 2.75) is 6.92 Å². The molecule has 0 fully saturated rings. The lowest BCUT2D eigenvalue weighted by molar-refractivity contribution is -0.670. The van der Waals surface area contributed by atoms with Crippen LogP contribution in [0.2, 0.25) is 0 Å². The second-order valence-corrected chi connectivity index (χ2v) is 4.91. The number of hydrogen-bond acceptors (Lipinski definition) is 3. The fourth-order valence-corrected chi connectivity index (χ4v) is 2.09. The van der Waals surface area contributed by atoms with Crippen LogP contribution in [0.4, 0.5) is 0 Å². The van der Waals surface area contributed by atoms with Gasteiger partial charge in [0.25, 0.3) is 11.9 Å². The highest BCUT2D eigenvalue weighted by atomic mass is 16.5. The van der Waals surface area contributed by atoms with Crippen LogP contribution in [0.3, 0.4) is 0 Å². The standard InChI is InChI=1S/C18H12N2O3/c1-13(21)15-9-6-14(7-10-15)8-11-16-4-2-3-5-17(16)20-12-18(22)23-19-20/h2-7,9-10,12H,1H3/p+1. The summed E-state index contributed by atoms with van der Waals surface area (Å²) < 4.78 is 6.15. The Morgan fingerprint density at radius 1 is 1.09 bits per heavy atom. The number of nitrogens with zero attached hydrogens (tertiary/aromatic N) is 1. The molecular weight excluding hydrogens is 292 g/mol. The van der Waals surface area contributed by atoms with Gasteiger partial charge in [-0.1, -0.05) is 36.1 Å². The molecule has 1 heterocycles. The van der Waals surface area contributed by atoms with Gasteiger partial charge in [-0.25, -0.2) is 4.79 Å². The van der Waals surface area contributed by atoms with Crippen molar-refractivity contribution in [3.63, 3.8) is 0 Å². The quantitative estimate of drug-likeness (QED) is 0.446. The Kier molecular flexibility index (Phi) is 3.89. The van der Waals surface area contributed by atoms with Crippen LogP contribution in [0.1, 0.15) is 28.4 Å². The van der Waals surface area contributed by atoms with Crippen molar-refractivity contribution in [3.05, 3.63) is 81.8 Å². The Morgan fingerprint density at radius 2 is 1.83 bits per heavy atom. The predicted molar refractivity (Wildman–Crippen MR) is 83.3 cm³/mol. The molecule has 0 saturated heterocycles. The fourth-order valence-electron chi connectivity index (χ4n) is 2.09. The lowest BCUT2D eigenvalue weighted by atomic mass is 10.1. The number of ketones is 1. The van der Waals surface area contributed by atoms with Crippen LogP contribution in [-0.2, 0) is 0 Å². The van der Waals surface area contributed by atoms with E-state index in [9.17, 15) is 9.59 Å². The largest absolute Gasteiger partial charge is 0.427 e. The van der Waals surface area contributed by atoms with Gasteiger partial charge >= 0.3 is 5.63 Å². The van der Waals surface area contributed by atoms with Crippen LogP contribution in [-0.4, -0.2) is 11.1 Å². The zero-order valence-electron chi connectivity index (χ0n) is 12.4. The summed E-state index contributed by atoms with van der Waals surface area (Å²) in [5.41, 5.74) is 2.45. The van der Waals surface area contributed by atoms with Crippen molar-refractivity contribution in [3.8, 4) is 17.5 Å². The molecular formula is C18H13N2O3+. The summed E-state index contributed by atoms with van der Waals surface area (Å²) in [6.07, 6.45) is 1.31. The van der Waals surface area contributed by atoms with E-state index in [4.69, 9.17) is 0 Å². The number of Topliss-reactive ketones (excluding diaryl/α,β-unsaturated/α-hetero) is 1. The number of rotatable bonds is 2. The third kappa shape index (κ3) is 3.27. The van der Waals surface area contributed by atoms with Gasteiger partial charge < -0.3 is 0 Å². The summed E-state index contributed by atoms with van der Waals surface area (Å²) in [5, 5.41) is 2.50. The van der Waals surface area contributed by atoms with E-state index in [1.807, 2.05) is 24.3 Å². The molecule has 2 aromatic carbocycles. The molecule has 5 nitrogen and oxygen atoms in total. The smallest absolute Gasteiger partial charge is 0.295 e. The molecule has 3 rings (SSSR count). The number of benzene rings is 2. The highest BCUT2D eigenvalue weighted by Crippen LogP contribution is 2.08. The molecule has 0 atom stereocenters. The van der Waals surface area contributed by atoms with Crippen LogP contribution in [0.15, 0.2) is 64.0 Å². The van der Waals surface area contributed by atoms with Gasteiger partial charge in [-0.3, -0.25) is 9.32 Å². The van der Waals surface area contributed by atoms with Gasteiger partial charge in [0.05, 0.1) is 5.56 Å². The summed E-state index contributed by atoms with van der Waals surface area (Å²) in [6, 6.07) is 14.5. The number of para-hydroxylation sites is 1. The van der Waals surface area contributed by atoms with E-state index in [1.54, 1.807) is 24.3 Å². The third-order valence-electron chi connectivity index (χ3n) is 3.28. The van der Waals surface area contributed by atoms with E-state index in [-0.39, 0.29) is 5.78 Å². The van der Waals surface area contributed by atoms with Gasteiger partial charge in [0.2, 0.25) is 0 Å². The summed E-state index contributed by atoms with van der Waals surface area (Å²) >= 11 is 0. The molecule has 1 aromatic heterocycles. The summed E-state index contributed by atoms with van der Waals surface area (Å²) in [6.45, 7) is 1.53. The third-order valence-corrected chi connectivity index (χ3v) is 3.28. The first kappa shape index (κ1) is 14.5. The van der Waals surface area contributed by atoms with E-state index < -0.39 is 5.63 Å². The van der Waals surface area contributed by atoms with E-state index in [1.165, 1.54) is 17.8 Å². The minimum absolute atomic E-state index is 0.0233. The van der Waals surface area contributed by atoms with E-state index in [2.05, 4.69) is 21.6 Å². The number of aromatic amines is 1. The molecule has 23 heavy (non-hydrogen) atoms. The molecule has 0 aliphatic carbocycles. The average Bonchev–Trinajstić information content (AvgIpc) is 3.00. The highest BCUT2D eigenvalue weighted by Gasteiger charge is 2.14. The lowest BCUT2D eigenvalue weighted by Crippen LogP contribution is -2.33. The Morgan fingerprint density at radius 3 is 2.48 bits per heavy atom. The van der Waals surface area contributed by atoms with Gasteiger partial charge in [0.1, 0.15) is 0 Å². The normalized spacial score (nSPS) is 9.96. The first-order valence-corrected chi connectivity index (χ1v) is 6.96. The summed E-state index contributed by atoms with van der Waals surface area (Å²) in [7, 11) is 0. The number of carbonyl (C=O) groups is 1. The Hall–Kier alpha value is -3.39. The molecule has 1 N–H and O–H groups in total. The molecule has 0 amide bonds. The van der Waals surface area contributed by atoms with Crippen molar-refractivity contribution < 1.29 is 14.0 Å². The van der Waals surface area contributed by atoms with E-state index in [0.717, 1.165) is 11.1 Å². The highest BCUT2D eigenvalue weighted by molar-refractivity contribution is 5.94. The molecule has 0 saturated carbocycles. The molecule has 0 aliphatic heterocycles. The maximum atomic E-state index is 11.3.